The lowest BCUT2D eigenvalue weighted by Gasteiger charge is -2.22. The molecule has 0 heteroatoms. The van der Waals surface area contributed by atoms with Gasteiger partial charge in [0.25, 0.3) is 0 Å². The van der Waals surface area contributed by atoms with Crippen molar-refractivity contribution in [3.05, 3.63) is 35.4 Å². The van der Waals surface area contributed by atoms with Gasteiger partial charge in [0.15, 0.2) is 0 Å². The summed E-state index contributed by atoms with van der Waals surface area (Å²) in [5.74, 6) is 2.04. The summed E-state index contributed by atoms with van der Waals surface area (Å²) in [7, 11) is 0. The lowest BCUT2D eigenvalue weighted by atomic mass is 9.84. The molecular formula is C24H42. The van der Waals surface area contributed by atoms with Crippen LogP contribution in [0.2, 0.25) is 0 Å². The summed E-state index contributed by atoms with van der Waals surface area (Å²) in [6, 6.07) is 8.66. The molecule has 0 nitrogen and oxygen atoms in total. The van der Waals surface area contributed by atoms with Crippen LogP contribution in [-0.4, -0.2) is 0 Å². The van der Waals surface area contributed by atoms with Crippen LogP contribution in [0.15, 0.2) is 24.3 Å². The van der Waals surface area contributed by atoms with Gasteiger partial charge < -0.3 is 0 Å². The van der Waals surface area contributed by atoms with Crippen LogP contribution in [-0.2, 0) is 6.42 Å². The van der Waals surface area contributed by atoms with Crippen LogP contribution in [0.4, 0.5) is 0 Å². The van der Waals surface area contributed by atoms with Gasteiger partial charge in [0.1, 0.15) is 0 Å². The third-order valence-corrected chi connectivity index (χ3v) is 5.58. The molecule has 2 aliphatic rings. The molecule has 0 heterocycles. The molecule has 0 amide bonds. The maximum absolute atomic E-state index is 2.37. The average molecular weight is 331 g/mol. The van der Waals surface area contributed by atoms with Gasteiger partial charge in [-0.25, -0.2) is 0 Å². The highest BCUT2D eigenvalue weighted by Gasteiger charge is 2.13. The summed E-state index contributed by atoms with van der Waals surface area (Å²) in [6.45, 7) is 9.02. The van der Waals surface area contributed by atoms with Crippen LogP contribution in [0.1, 0.15) is 103 Å². The largest absolute Gasteiger partial charge is 0.0625 e. The molecule has 0 atom stereocenters. The van der Waals surface area contributed by atoms with Gasteiger partial charge in [-0.1, -0.05) is 121 Å². The Morgan fingerprint density at radius 1 is 0.667 bits per heavy atom. The van der Waals surface area contributed by atoms with Crippen LogP contribution in [0.5, 0.6) is 0 Å². The van der Waals surface area contributed by atoms with Crippen molar-refractivity contribution in [2.45, 2.75) is 105 Å². The van der Waals surface area contributed by atoms with Crippen LogP contribution in [0, 0.1) is 18.8 Å². The minimum absolute atomic E-state index is 1.02. The van der Waals surface area contributed by atoms with E-state index in [0.29, 0.717) is 0 Å². The van der Waals surface area contributed by atoms with Crippen LogP contribution in [0.3, 0.4) is 0 Å². The van der Waals surface area contributed by atoms with E-state index in [4.69, 9.17) is 0 Å². The lowest BCUT2D eigenvalue weighted by molar-refractivity contribution is 0.308. The van der Waals surface area contributed by atoms with E-state index >= 15 is 0 Å². The predicted molar refractivity (Wildman–Crippen MR) is 110 cm³/mol. The monoisotopic (exact) mass is 330 g/mol. The molecular weight excluding hydrogens is 288 g/mol. The Hall–Kier alpha value is -0.780. The van der Waals surface area contributed by atoms with E-state index in [1.807, 2.05) is 0 Å². The fourth-order valence-electron chi connectivity index (χ4n) is 3.49. The fraction of sp³-hybridized carbons (Fsp3) is 0.750. The first kappa shape index (κ1) is 21.3. The first-order valence-electron chi connectivity index (χ1n) is 10.7. The molecule has 0 N–H and O–H groups in total. The number of hydrogen-bond donors (Lipinski definition) is 0. The molecule has 0 unspecified atom stereocenters. The summed E-state index contributed by atoms with van der Waals surface area (Å²) in [5, 5.41) is 0. The number of benzene rings is 1. The Kier molecular flexibility index (Phi) is 12.0. The first-order chi connectivity index (χ1) is 11.6. The molecule has 3 rings (SSSR count). The minimum atomic E-state index is 1.02. The Labute approximate surface area is 152 Å². The molecule has 0 spiro atoms. The summed E-state index contributed by atoms with van der Waals surface area (Å²) >= 11 is 0. The summed E-state index contributed by atoms with van der Waals surface area (Å²) < 4.78 is 0. The second-order valence-corrected chi connectivity index (χ2v) is 8.18. The zero-order valence-corrected chi connectivity index (χ0v) is 16.9. The SMILES string of the molecule is C1CCCCCC1.CC1CCC(C)CC1.CCc1ccc(C)cc1. The van der Waals surface area contributed by atoms with E-state index in [1.54, 1.807) is 0 Å². The van der Waals surface area contributed by atoms with E-state index in [0.717, 1.165) is 18.3 Å². The minimum Gasteiger partial charge on any atom is -0.0625 e. The van der Waals surface area contributed by atoms with E-state index in [-0.39, 0.29) is 0 Å². The fourth-order valence-corrected chi connectivity index (χ4v) is 3.49. The summed E-state index contributed by atoms with van der Waals surface area (Å²) in [6.07, 6.45) is 17.5. The molecule has 0 aliphatic heterocycles. The van der Waals surface area contributed by atoms with E-state index in [2.05, 4.69) is 52.0 Å². The van der Waals surface area contributed by atoms with Gasteiger partial charge in [-0.2, -0.15) is 0 Å². The average Bonchev–Trinajstić information content (AvgIpc) is 2.92. The molecule has 24 heavy (non-hydrogen) atoms. The Morgan fingerprint density at radius 2 is 1.00 bits per heavy atom. The van der Waals surface area contributed by atoms with Crippen molar-refractivity contribution in [3.63, 3.8) is 0 Å². The number of hydrogen-bond acceptors (Lipinski definition) is 0. The molecule has 1 aromatic rings. The Morgan fingerprint density at radius 3 is 1.29 bits per heavy atom. The highest BCUT2D eigenvalue weighted by atomic mass is 14.2. The maximum Gasteiger partial charge on any atom is -0.0307 e. The van der Waals surface area contributed by atoms with E-state index < -0.39 is 0 Å². The Balaban J connectivity index is 0.000000181. The first-order valence-corrected chi connectivity index (χ1v) is 10.7. The molecule has 138 valence electrons. The van der Waals surface area contributed by atoms with E-state index in [1.165, 1.54) is 81.8 Å². The van der Waals surface area contributed by atoms with Crippen LogP contribution < -0.4 is 0 Å². The maximum atomic E-state index is 2.37. The van der Waals surface area contributed by atoms with Crippen molar-refractivity contribution in [1.29, 1.82) is 0 Å². The Bertz CT molecular complexity index is 351. The van der Waals surface area contributed by atoms with Crippen LogP contribution >= 0.6 is 0 Å². The summed E-state index contributed by atoms with van der Waals surface area (Å²) in [4.78, 5) is 0. The highest BCUT2D eigenvalue weighted by molar-refractivity contribution is 5.20. The van der Waals surface area contributed by atoms with Crippen molar-refractivity contribution in [3.8, 4) is 0 Å². The number of aryl methyl sites for hydroxylation is 2. The molecule has 1 aromatic carbocycles. The van der Waals surface area contributed by atoms with Crippen molar-refractivity contribution >= 4 is 0 Å². The molecule has 0 bridgehead atoms. The molecule has 2 fully saturated rings. The topological polar surface area (TPSA) is 0 Å². The van der Waals surface area contributed by atoms with Crippen molar-refractivity contribution in [2.75, 3.05) is 0 Å². The quantitative estimate of drug-likeness (QED) is 0.456. The summed E-state index contributed by atoms with van der Waals surface area (Å²) in [5.41, 5.74) is 2.76. The van der Waals surface area contributed by atoms with Gasteiger partial charge in [0.05, 0.1) is 0 Å². The van der Waals surface area contributed by atoms with Crippen molar-refractivity contribution in [1.82, 2.24) is 0 Å². The van der Waals surface area contributed by atoms with Crippen molar-refractivity contribution in [2.24, 2.45) is 11.8 Å². The highest BCUT2D eigenvalue weighted by Crippen LogP contribution is 2.27. The number of rotatable bonds is 1. The third kappa shape index (κ3) is 10.9. The lowest BCUT2D eigenvalue weighted by Crippen LogP contribution is -2.08. The van der Waals surface area contributed by atoms with Gasteiger partial charge in [0, 0.05) is 0 Å². The molecule has 2 aliphatic carbocycles. The molecule has 2 saturated carbocycles. The third-order valence-electron chi connectivity index (χ3n) is 5.58. The van der Waals surface area contributed by atoms with Crippen molar-refractivity contribution < 1.29 is 0 Å². The second-order valence-electron chi connectivity index (χ2n) is 8.18. The predicted octanol–water partition coefficient (Wildman–Crippen LogP) is 8.12. The zero-order valence-electron chi connectivity index (χ0n) is 16.9. The normalized spacial score (nSPS) is 23.8. The van der Waals surface area contributed by atoms with Gasteiger partial charge in [-0.05, 0) is 30.7 Å². The standard InChI is InChI=1S/C9H12.C8H16.C7H14/c1-3-9-6-4-8(2)5-7-9;1-7-3-5-8(2)6-4-7;1-2-4-6-7-5-3-1/h4-7H,3H2,1-2H3;7-8H,3-6H2,1-2H3;1-7H2. The molecule has 0 radical (unpaired) electrons. The molecule has 0 saturated heterocycles. The van der Waals surface area contributed by atoms with Gasteiger partial charge in [0.2, 0.25) is 0 Å². The molecule has 0 aromatic heterocycles. The zero-order chi connectivity index (χ0) is 17.6. The van der Waals surface area contributed by atoms with E-state index in [9.17, 15) is 0 Å². The second kappa shape index (κ2) is 13.5. The van der Waals surface area contributed by atoms with Gasteiger partial charge in [-0.3, -0.25) is 0 Å². The van der Waals surface area contributed by atoms with Crippen LogP contribution in [0.25, 0.3) is 0 Å². The van der Waals surface area contributed by atoms with Gasteiger partial charge >= 0.3 is 0 Å². The smallest absolute Gasteiger partial charge is 0.0307 e. The van der Waals surface area contributed by atoms with Gasteiger partial charge in [-0.15, -0.1) is 0 Å².